The van der Waals surface area contributed by atoms with E-state index in [2.05, 4.69) is 26.0 Å². The molecule has 0 amide bonds. The molecule has 0 radical (unpaired) electrons. The maximum atomic E-state index is 8.55. The summed E-state index contributed by atoms with van der Waals surface area (Å²) in [6.07, 6.45) is 4.31. The first-order valence-corrected chi connectivity index (χ1v) is 3.85. The molecule has 0 heterocycles. The van der Waals surface area contributed by atoms with E-state index in [1.807, 2.05) is 0 Å². The lowest BCUT2D eigenvalue weighted by Crippen LogP contribution is -2.00. The van der Waals surface area contributed by atoms with Gasteiger partial charge in [0.15, 0.2) is 0 Å². The van der Waals surface area contributed by atoms with E-state index in [1.54, 1.807) is 0 Å². The van der Waals surface area contributed by atoms with Crippen LogP contribution in [-0.4, -0.2) is 0 Å². The Hall–Kier alpha value is -0.770. The quantitative estimate of drug-likeness (QED) is 0.542. The predicted octanol–water partition coefficient (Wildman–Crippen LogP) is 2.50. The van der Waals surface area contributed by atoms with Crippen molar-refractivity contribution in [2.45, 2.75) is 26.7 Å². The van der Waals surface area contributed by atoms with Crippen LogP contribution in [0.5, 0.6) is 0 Å². The largest absolute Gasteiger partial charge is 0.193 e. The van der Waals surface area contributed by atoms with Crippen LogP contribution in [0, 0.1) is 23.2 Å². The van der Waals surface area contributed by atoms with Crippen molar-refractivity contribution in [1.29, 1.82) is 5.26 Å². The van der Waals surface area contributed by atoms with Crippen LogP contribution in [0.1, 0.15) is 26.7 Å². The van der Waals surface area contributed by atoms with E-state index in [4.69, 9.17) is 5.26 Å². The van der Waals surface area contributed by atoms with Crippen molar-refractivity contribution in [3.05, 3.63) is 11.6 Å². The summed E-state index contributed by atoms with van der Waals surface area (Å²) >= 11 is 0. The van der Waals surface area contributed by atoms with Crippen LogP contribution < -0.4 is 0 Å². The molecule has 0 aromatic carbocycles. The van der Waals surface area contributed by atoms with Crippen LogP contribution >= 0.6 is 0 Å². The van der Waals surface area contributed by atoms with Crippen LogP contribution in [0.15, 0.2) is 11.6 Å². The van der Waals surface area contributed by atoms with Gasteiger partial charge < -0.3 is 0 Å². The van der Waals surface area contributed by atoms with Crippen molar-refractivity contribution in [2.75, 3.05) is 0 Å². The summed E-state index contributed by atoms with van der Waals surface area (Å²) in [5, 5.41) is 8.55. The fraction of sp³-hybridized carbons (Fsp3) is 0.667. The minimum Gasteiger partial charge on any atom is -0.193 e. The predicted molar refractivity (Wildman–Crippen MR) is 41.3 cm³/mol. The zero-order chi connectivity index (χ0) is 7.56. The molecule has 0 aromatic rings. The van der Waals surface area contributed by atoms with E-state index in [9.17, 15) is 0 Å². The molecule has 0 saturated heterocycles. The molecule has 0 aromatic heterocycles. The van der Waals surface area contributed by atoms with E-state index in [0.717, 1.165) is 12.0 Å². The molecular formula is C9H13N. The molecular weight excluding hydrogens is 122 g/mol. The van der Waals surface area contributed by atoms with Crippen molar-refractivity contribution in [2.24, 2.45) is 11.8 Å². The summed E-state index contributed by atoms with van der Waals surface area (Å²) in [5.41, 5.74) is 0.985. The van der Waals surface area contributed by atoms with Crippen LogP contribution in [0.2, 0.25) is 0 Å². The summed E-state index contributed by atoms with van der Waals surface area (Å²) in [4.78, 5) is 0. The maximum absolute atomic E-state index is 8.55. The Balaban J connectivity index is 2.57. The van der Waals surface area contributed by atoms with Crippen molar-refractivity contribution in [3.63, 3.8) is 0 Å². The summed E-state index contributed by atoms with van der Waals surface area (Å²) in [6.45, 7) is 4.42. The van der Waals surface area contributed by atoms with Crippen molar-refractivity contribution in [3.8, 4) is 6.07 Å². The Morgan fingerprint density at radius 1 is 1.70 bits per heavy atom. The van der Waals surface area contributed by atoms with Crippen LogP contribution in [0.4, 0.5) is 0 Å². The Kier molecular flexibility index (Phi) is 2.11. The topological polar surface area (TPSA) is 23.8 Å². The lowest BCUT2D eigenvalue weighted by Gasteiger charge is -2.09. The molecule has 1 aliphatic carbocycles. The van der Waals surface area contributed by atoms with Gasteiger partial charge in [-0.2, -0.15) is 5.26 Å². The molecule has 1 nitrogen and oxygen atoms in total. The Morgan fingerprint density at radius 3 is 2.70 bits per heavy atom. The summed E-state index contributed by atoms with van der Waals surface area (Å²) in [7, 11) is 0. The lowest BCUT2D eigenvalue weighted by atomic mass is 9.96. The smallest absolute Gasteiger partial charge is 0.0943 e. The van der Waals surface area contributed by atoms with Crippen molar-refractivity contribution >= 4 is 0 Å². The highest BCUT2D eigenvalue weighted by Crippen LogP contribution is 2.28. The fourth-order valence-corrected chi connectivity index (χ4v) is 1.37. The van der Waals surface area contributed by atoms with E-state index in [0.29, 0.717) is 11.8 Å². The van der Waals surface area contributed by atoms with Gasteiger partial charge in [-0.3, -0.25) is 0 Å². The standard InChI is InChI=1S/C9H13N/c1-7(2)9-4-3-8(5-9)6-10/h5,7,9H,3-4H2,1-2H3. The highest BCUT2D eigenvalue weighted by molar-refractivity contribution is 5.25. The average molecular weight is 135 g/mol. The normalized spacial score (nSPS) is 24.6. The Bertz CT molecular complexity index is 183. The third-order valence-electron chi connectivity index (χ3n) is 2.16. The van der Waals surface area contributed by atoms with Crippen LogP contribution in [0.3, 0.4) is 0 Å². The van der Waals surface area contributed by atoms with E-state index < -0.39 is 0 Å². The molecule has 10 heavy (non-hydrogen) atoms. The van der Waals surface area contributed by atoms with Crippen LogP contribution in [-0.2, 0) is 0 Å². The van der Waals surface area contributed by atoms with Crippen molar-refractivity contribution < 1.29 is 0 Å². The van der Waals surface area contributed by atoms with Crippen LogP contribution in [0.25, 0.3) is 0 Å². The molecule has 1 atom stereocenters. The summed E-state index contributed by atoms with van der Waals surface area (Å²) < 4.78 is 0. The highest BCUT2D eigenvalue weighted by Gasteiger charge is 2.17. The van der Waals surface area contributed by atoms with Gasteiger partial charge in [-0.1, -0.05) is 19.9 Å². The van der Waals surface area contributed by atoms with Gasteiger partial charge in [0.05, 0.1) is 6.07 Å². The Morgan fingerprint density at radius 2 is 2.40 bits per heavy atom. The second-order valence-electron chi connectivity index (χ2n) is 3.25. The molecule has 0 saturated carbocycles. The molecule has 0 fully saturated rings. The van der Waals surface area contributed by atoms with Gasteiger partial charge in [0.25, 0.3) is 0 Å². The van der Waals surface area contributed by atoms with Gasteiger partial charge in [0.2, 0.25) is 0 Å². The maximum Gasteiger partial charge on any atom is 0.0943 e. The third-order valence-corrected chi connectivity index (χ3v) is 2.16. The van der Waals surface area contributed by atoms with Gasteiger partial charge in [-0.15, -0.1) is 0 Å². The monoisotopic (exact) mass is 135 g/mol. The molecule has 1 heteroatoms. The molecule has 0 aliphatic heterocycles. The number of hydrogen-bond donors (Lipinski definition) is 0. The molecule has 54 valence electrons. The summed E-state index contributed by atoms with van der Waals surface area (Å²) in [6, 6.07) is 2.21. The highest BCUT2D eigenvalue weighted by atomic mass is 14.3. The SMILES string of the molecule is CC(C)C1C=C(C#N)CC1. The molecule has 1 rings (SSSR count). The number of nitrogens with zero attached hydrogens (tertiary/aromatic N) is 1. The molecule has 0 spiro atoms. The first-order valence-electron chi connectivity index (χ1n) is 3.85. The fourth-order valence-electron chi connectivity index (χ4n) is 1.37. The van der Waals surface area contributed by atoms with Gasteiger partial charge in [-0.25, -0.2) is 0 Å². The van der Waals surface area contributed by atoms with Crippen molar-refractivity contribution in [1.82, 2.24) is 0 Å². The zero-order valence-electron chi connectivity index (χ0n) is 6.59. The van der Waals surface area contributed by atoms with Gasteiger partial charge in [0.1, 0.15) is 0 Å². The van der Waals surface area contributed by atoms with E-state index in [-0.39, 0.29) is 0 Å². The van der Waals surface area contributed by atoms with Gasteiger partial charge >= 0.3 is 0 Å². The number of allylic oxidation sites excluding steroid dienone is 2. The second kappa shape index (κ2) is 2.88. The first-order chi connectivity index (χ1) is 4.74. The molecule has 1 unspecified atom stereocenters. The summed E-state index contributed by atoms with van der Waals surface area (Å²) in [5.74, 6) is 1.36. The van der Waals surface area contributed by atoms with Gasteiger partial charge in [-0.05, 0) is 24.7 Å². The average Bonchev–Trinajstić information content (AvgIpc) is 2.34. The van der Waals surface area contributed by atoms with E-state index in [1.165, 1.54) is 6.42 Å². The molecule has 1 aliphatic rings. The minimum atomic E-state index is 0.662. The first kappa shape index (κ1) is 7.34. The number of rotatable bonds is 1. The number of nitriles is 1. The minimum absolute atomic E-state index is 0.662. The third kappa shape index (κ3) is 1.39. The lowest BCUT2D eigenvalue weighted by molar-refractivity contribution is 0.459. The molecule has 0 N–H and O–H groups in total. The van der Waals surface area contributed by atoms with Gasteiger partial charge in [0, 0.05) is 5.57 Å². The Labute approximate surface area is 62.4 Å². The zero-order valence-corrected chi connectivity index (χ0v) is 6.59. The number of hydrogen-bond acceptors (Lipinski definition) is 1. The second-order valence-corrected chi connectivity index (χ2v) is 3.25. The molecule has 0 bridgehead atoms. The van der Waals surface area contributed by atoms with E-state index >= 15 is 0 Å².